The van der Waals surface area contributed by atoms with Crippen LogP contribution in [0.3, 0.4) is 0 Å². The highest BCUT2D eigenvalue weighted by Gasteiger charge is 2.06. The van der Waals surface area contributed by atoms with E-state index in [1.165, 1.54) is 0 Å². The molecule has 0 bridgehead atoms. The first-order valence-corrected chi connectivity index (χ1v) is 4.92. The molecule has 0 aliphatic heterocycles. The van der Waals surface area contributed by atoms with Crippen molar-refractivity contribution in [2.24, 2.45) is 0 Å². The Hall–Kier alpha value is -1.78. The molecule has 0 radical (unpaired) electrons. The number of hydrogen-bond donors (Lipinski definition) is 3. The summed E-state index contributed by atoms with van der Waals surface area (Å²) in [5, 5.41) is 10.4. The lowest BCUT2D eigenvalue weighted by atomic mass is 10.3. The summed E-state index contributed by atoms with van der Waals surface area (Å²) < 4.78 is 0. The van der Waals surface area contributed by atoms with E-state index in [0.29, 0.717) is 0 Å². The Bertz CT molecular complexity index is 435. The van der Waals surface area contributed by atoms with Gasteiger partial charge < -0.3 is 10.3 Å². The van der Waals surface area contributed by atoms with Gasteiger partial charge in [0.1, 0.15) is 0 Å². The molecule has 0 saturated carbocycles. The average molecular weight is 205 g/mol. The number of nitrogens with one attached hydrogen (secondary N) is 3. The monoisotopic (exact) mass is 205 g/mol. The summed E-state index contributed by atoms with van der Waals surface area (Å²) in [5.41, 5.74) is 5.25. The highest BCUT2D eigenvalue weighted by atomic mass is 15.1. The lowest BCUT2D eigenvalue weighted by Crippen LogP contribution is -2.02. The zero-order valence-corrected chi connectivity index (χ0v) is 9.18. The molecule has 2 aromatic rings. The van der Waals surface area contributed by atoms with Crippen LogP contribution < -0.4 is 5.32 Å². The van der Waals surface area contributed by atoms with Crippen molar-refractivity contribution in [1.82, 2.24) is 20.2 Å². The zero-order chi connectivity index (χ0) is 10.8. The minimum Gasteiger partial charge on any atom is -0.376 e. The average Bonchev–Trinajstić information content (AvgIpc) is 2.73. The van der Waals surface area contributed by atoms with E-state index in [1.54, 1.807) is 6.33 Å². The maximum absolute atomic E-state index is 4.23. The van der Waals surface area contributed by atoms with E-state index in [9.17, 15) is 0 Å². The maximum Gasteiger partial charge on any atom is 0.0925 e. The third-order valence-corrected chi connectivity index (χ3v) is 2.50. The first kappa shape index (κ1) is 9.76. The molecule has 2 aromatic heterocycles. The van der Waals surface area contributed by atoms with Crippen LogP contribution in [0.25, 0.3) is 0 Å². The van der Waals surface area contributed by atoms with Crippen LogP contribution in [0, 0.1) is 20.8 Å². The third kappa shape index (κ3) is 1.86. The molecule has 0 spiro atoms. The predicted molar refractivity (Wildman–Crippen MR) is 58.7 cm³/mol. The number of imidazole rings is 1. The quantitative estimate of drug-likeness (QED) is 0.714. The summed E-state index contributed by atoms with van der Waals surface area (Å²) in [7, 11) is 0. The molecule has 0 fully saturated rings. The Morgan fingerprint density at radius 3 is 2.60 bits per heavy atom. The molecule has 0 unspecified atom stereocenters. The number of aryl methyl sites for hydroxylation is 3. The van der Waals surface area contributed by atoms with Gasteiger partial charge in [0.15, 0.2) is 0 Å². The van der Waals surface area contributed by atoms with Crippen molar-refractivity contribution in [3.8, 4) is 0 Å². The van der Waals surface area contributed by atoms with Crippen LogP contribution >= 0.6 is 0 Å². The number of rotatable bonds is 3. The van der Waals surface area contributed by atoms with Crippen molar-refractivity contribution in [3.63, 3.8) is 0 Å². The van der Waals surface area contributed by atoms with E-state index in [0.717, 1.165) is 35.0 Å². The Morgan fingerprint density at radius 1 is 1.27 bits per heavy atom. The second-order valence-electron chi connectivity index (χ2n) is 3.64. The van der Waals surface area contributed by atoms with Gasteiger partial charge >= 0.3 is 0 Å². The highest BCUT2D eigenvalue weighted by molar-refractivity contribution is 5.51. The Balaban J connectivity index is 2.08. The van der Waals surface area contributed by atoms with Crippen molar-refractivity contribution in [2.45, 2.75) is 27.3 Å². The first-order chi connectivity index (χ1) is 7.18. The molecule has 0 saturated heterocycles. The van der Waals surface area contributed by atoms with Gasteiger partial charge in [-0.25, -0.2) is 4.98 Å². The van der Waals surface area contributed by atoms with Crippen molar-refractivity contribution in [1.29, 1.82) is 0 Å². The first-order valence-electron chi connectivity index (χ1n) is 4.92. The van der Waals surface area contributed by atoms with Crippen LogP contribution in [0.2, 0.25) is 0 Å². The number of aromatic nitrogens is 4. The second-order valence-corrected chi connectivity index (χ2v) is 3.64. The lowest BCUT2D eigenvalue weighted by molar-refractivity contribution is 1.02. The van der Waals surface area contributed by atoms with E-state index in [-0.39, 0.29) is 0 Å². The lowest BCUT2D eigenvalue weighted by Gasteiger charge is -2.04. The fraction of sp³-hybridized carbons (Fsp3) is 0.400. The number of hydrogen-bond acceptors (Lipinski definition) is 3. The van der Waals surface area contributed by atoms with Crippen molar-refractivity contribution in [2.75, 3.05) is 5.32 Å². The maximum atomic E-state index is 4.23. The summed E-state index contributed by atoms with van der Waals surface area (Å²) in [6, 6.07) is 0. The Morgan fingerprint density at radius 2 is 2.07 bits per heavy atom. The molecular weight excluding hydrogens is 190 g/mol. The van der Waals surface area contributed by atoms with Gasteiger partial charge in [-0.15, -0.1) is 0 Å². The number of nitrogens with zero attached hydrogens (tertiary/aromatic N) is 2. The minimum atomic E-state index is 0.719. The van der Waals surface area contributed by atoms with Gasteiger partial charge in [0.25, 0.3) is 0 Å². The van der Waals surface area contributed by atoms with Gasteiger partial charge in [-0.05, 0) is 20.8 Å². The van der Waals surface area contributed by atoms with Crippen molar-refractivity contribution < 1.29 is 0 Å². The zero-order valence-electron chi connectivity index (χ0n) is 9.18. The van der Waals surface area contributed by atoms with Gasteiger partial charge in [0.2, 0.25) is 0 Å². The molecule has 0 atom stereocenters. The fourth-order valence-electron chi connectivity index (χ4n) is 1.55. The summed E-state index contributed by atoms with van der Waals surface area (Å²) in [5.74, 6) is 0. The SMILES string of the molecule is Cc1n[nH]c(C)c1NCc1nc[nH]c1C. The van der Waals surface area contributed by atoms with Crippen molar-refractivity contribution in [3.05, 3.63) is 29.1 Å². The Kier molecular flexibility index (Phi) is 2.45. The van der Waals surface area contributed by atoms with E-state index in [4.69, 9.17) is 0 Å². The van der Waals surface area contributed by atoms with E-state index in [1.807, 2.05) is 20.8 Å². The summed E-state index contributed by atoms with van der Waals surface area (Å²) in [6.07, 6.45) is 1.71. The van der Waals surface area contributed by atoms with E-state index in [2.05, 4.69) is 25.5 Å². The highest BCUT2D eigenvalue weighted by Crippen LogP contribution is 2.17. The molecule has 0 aliphatic carbocycles. The molecule has 2 heterocycles. The van der Waals surface area contributed by atoms with Gasteiger partial charge in [0.05, 0.1) is 35.6 Å². The van der Waals surface area contributed by atoms with E-state index < -0.39 is 0 Å². The van der Waals surface area contributed by atoms with Gasteiger partial charge in [0, 0.05) is 5.69 Å². The molecule has 2 rings (SSSR count). The molecule has 0 aliphatic rings. The minimum absolute atomic E-state index is 0.719. The smallest absolute Gasteiger partial charge is 0.0925 e. The molecule has 0 amide bonds. The number of anilines is 1. The largest absolute Gasteiger partial charge is 0.376 e. The predicted octanol–water partition coefficient (Wildman–Crippen LogP) is 1.67. The molecule has 5 heteroatoms. The second kappa shape index (κ2) is 3.76. The fourth-order valence-corrected chi connectivity index (χ4v) is 1.55. The van der Waals surface area contributed by atoms with Gasteiger partial charge in [-0.3, -0.25) is 5.10 Å². The number of aromatic amines is 2. The molecule has 0 aromatic carbocycles. The Labute approximate surface area is 88.3 Å². The van der Waals surface area contributed by atoms with Crippen LogP contribution in [0.1, 0.15) is 22.8 Å². The topological polar surface area (TPSA) is 69.4 Å². The van der Waals surface area contributed by atoms with E-state index >= 15 is 0 Å². The van der Waals surface area contributed by atoms with Crippen LogP contribution in [-0.2, 0) is 6.54 Å². The summed E-state index contributed by atoms with van der Waals surface area (Å²) >= 11 is 0. The molecule has 3 N–H and O–H groups in total. The molecule has 15 heavy (non-hydrogen) atoms. The standard InChI is InChI=1S/C10H15N5/c1-6-9(13-5-12-6)4-11-10-7(2)14-15-8(10)3/h5,11H,4H2,1-3H3,(H,12,13)(H,14,15). The van der Waals surface area contributed by atoms with Crippen molar-refractivity contribution >= 4 is 5.69 Å². The normalized spacial score (nSPS) is 10.6. The van der Waals surface area contributed by atoms with Crippen LogP contribution in [0.5, 0.6) is 0 Å². The molecule has 80 valence electrons. The third-order valence-electron chi connectivity index (χ3n) is 2.50. The van der Waals surface area contributed by atoms with Crippen LogP contribution in [0.4, 0.5) is 5.69 Å². The summed E-state index contributed by atoms with van der Waals surface area (Å²) in [6.45, 7) is 6.71. The molecular formula is C10H15N5. The van der Waals surface area contributed by atoms with Gasteiger partial charge in [-0.2, -0.15) is 5.10 Å². The van der Waals surface area contributed by atoms with Crippen LogP contribution in [-0.4, -0.2) is 20.2 Å². The molecule has 5 nitrogen and oxygen atoms in total. The number of H-pyrrole nitrogens is 2. The van der Waals surface area contributed by atoms with Crippen LogP contribution in [0.15, 0.2) is 6.33 Å². The van der Waals surface area contributed by atoms with Gasteiger partial charge in [-0.1, -0.05) is 0 Å². The summed E-state index contributed by atoms with van der Waals surface area (Å²) in [4.78, 5) is 7.28.